The van der Waals surface area contributed by atoms with Crippen molar-refractivity contribution in [3.63, 3.8) is 0 Å². The maximum absolute atomic E-state index is 13.1. The highest BCUT2D eigenvalue weighted by atomic mass is 35.5. The molecule has 25 heteroatoms. The number of anilines is 1. The number of esters is 2. The number of thioether (sulfide) groups is 1. The summed E-state index contributed by atoms with van der Waals surface area (Å²) in [6.45, 7) is 2.25. The van der Waals surface area contributed by atoms with Gasteiger partial charge in [-0.25, -0.2) is 19.6 Å². The van der Waals surface area contributed by atoms with E-state index in [-0.39, 0.29) is 121 Å². The second kappa shape index (κ2) is 29.4. The number of rotatable bonds is 21. The van der Waals surface area contributed by atoms with Gasteiger partial charge in [-0.3, -0.25) is 9.59 Å². The quantitative estimate of drug-likeness (QED) is 0.0463. The highest BCUT2D eigenvalue weighted by Gasteiger charge is 2.27. The third-order valence-corrected chi connectivity index (χ3v) is 10.0. The van der Waals surface area contributed by atoms with Crippen LogP contribution in [0.3, 0.4) is 0 Å². The summed E-state index contributed by atoms with van der Waals surface area (Å²) in [7, 11) is 0. The largest absolute Gasteiger partial charge is 0.490 e. The number of amides is 2. The van der Waals surface area contributed by atoms with Gasteiger partial charge in [0.05, 0.1) is 23.3 Å². The van der Waals surface area contributed by atoms with Crippen molar-refractivity contribution in [3.8, 4) is 40.5 Å². The van der Waals surface area contributed by atoms with Crippen LogP contribution in [0.25, 0.3) is 22.6 Å². The van der Waals surface area contributed by atoms with Crippen LogP contribution in [-0.2, 0) is 34.4 Å². The average molecular weight is 1020 g/mol. The number of carbonyl (C=O) groups excluding carboxylic acids is 4. The molecule has 0 saturated carbocycles. The molecule has 19 nitrogen and oxygen atoms in total. The fourth-order valence-corrected chi connectivity index (χ4v) is 6.40. The summed E-state index contributed by atoms with van der Waals surface area (Å²) in [5, 5.41) is 26.1. The van der Waals surface area contributed by atoms with Crippen LogP contribution in [0.2, 0.25) is 5.02 Å². The number of nitrogens with two attached hydrogens (primary N) is 5. The monoisotopic (exact) mass is 1020 g/mol. The number of halogens is 5. The Labute approximate surface area is 409 Å². The molecule has 0 unspecified atom stereocenters. The van der Waals surface area contributed by atoms with Gasteiger partial charge in [0.1, 0.15) is 65.9 Å². The maximum Gasteiger partial charge on any atom is 0.328 e. The molecular weight excluding hydrogens is 972 g/mol. The standard InChI is InChI=1S/C40H46ClN11O8S.4ClH/c1-21(49-35(53)31(46)11-13-42)39(55)59-19-28(60-40(56)22(2)50-36(54)32(47)12-14-43)18-57-27-9-5-23(6-10-27)33-29(15-44)34(48)52-38(30(33)16-45)61-20-26-17-58-37(51-26)24-3-7-25(41)8-4-24;;;;/h3-10,17,21-22,28,31-32H,11-14,18-20,42-43,46-47H2,1-2H3,(H2,48,52)(H,49,53)(H,50,54);4*1H/t21-,22-,28-,31-,32-;;;;/m0..../s1. The number of ether oxygens (including phenoxy) is 3. The summed E-state index contributed by atoms with van der Waals surface area (Å²) in [5.74, 6) is -2.14. The summed E-state index contributed by atoms with van der Waals surface area (Å²) in [6.07, 6.45) is 0.667. The van der Waals surface area contributed by atoms with E-state index < -0.39 is 60.6 Å². The Balaban J connectivity index is 0.0000102. The fraction of sp³-hybridized carbons (Fsp3) is 0.350. The van der Waals surface area contributed by atoms with Crippen molar-refractivity contribution >= 4 is 103 Å². The third kappa shape index (κ3) is 17.3. The molecule has 0 radical (unpaired) electrons. The van der Waals surface area contributed by atoms with Crippen molar-refractivity contribution in [2.24, 2.45) is 22.9 Å². The van der Waals surface area contributed by atoms with E-state index in [4.69, 9.17) is 58.9 Å². The molecule has 2 heterocycles. The molecule has 12 N–H and O–H groups in total. The zero-order chi connectivity index (χ0) is 44.6. The molecule has 0 bridgehead atoms. The molecule has 0 aliphatic carbocycles. The van der Waals surface area contributed by atoms with Crippen LogP contribution in [0, 0.1) is 22.7 Å². The predicted octanol–water partition coefficient (Wildman–Crippen LogP) is 3.56. The Morgan fingerprint density at radius 2 is 1.34 bits per heavy atom. The second-order valence-corrected chi connectivity index (χ2v) is 14.8. The number of aromatic nitrogens is 2. The van der Waals surface area contributed by atoms with Crippen LogP contribution in [0.15, 0.2) is 64.2 Å². The van der Waals surface area contributed by atoms with Crippen LogP contribution in [0.4, 0.5) is 5.82 Å². The molecule has 0 spiro atoms. The van der Waals surface area contributed by atoms with Crippen LogP contribution in [0.5, 0.6) is 5.75 Å². The van der Waals surface area contributed by atoms with Gasteiger partial charge >= 0.3 is 11.9 Å². The van der Waals surface area contributed by atoms with Crippen LogP contribution < -0.4 is 44.0 Å². The zero-order valence-corrected chi connectivity index (χ0v) is 39.7. The van der Waals surface area contributed by atoms with E-state index in [2.05, 4.69) is 26.7 Å². The summed E-state index contributed by atoms with van der Waals surface area (Å²) in [5.41, 5.74) is 30.8. The van der Waals surface area contributed by atoms with Gasteiger partial charge in [-0.2, -0.15) is 10.5 Å². The summed E-state index contributed by atoms with van der Waals surface area (Å²) in [6, 6.07) is 13.3. The first-order chi connectivity index (χ1) is 29.2. The minimum atomic E-state index is -1.21. The van der Waals surface area contributed by atoms with Crippen molar-refractivity contribution in [2.75, 3.05) is 32.0 Å². The van der Waals surface area contributed by atoms with Crippen LogP contribution in [0.1, 0.15) is 43.5 Å². The number of benzene rings is 2. The molecule has 4 rings (SSSR count). The minimum Gasteiger partial charge on any atom is -0.490 e. The minimum absolute atomic E-state index is 0. The fourth-order valence-electron chi connectivity index (χ4n) is 5.40. The Morgan fingerprint density at radius 3 is 1.88 bits per heavy atom. The van der Waals surface area contributed by atoms with Crippen LogP contribution >= 0.6 is 73.0 Å². The predicted molar refractivity (Wildman–Crippen MR) is 254 cm³/mol. The molecule has 0 aliphatic heterocycles. The van der Waals surface area contributed by atoms with Gasteiger partial charge in [-0.1, -0.05) is 35.5 Å². The van der Waals surface area contributed by atoms with E-state index >= 15 is 0 Å². The SMILES string of the molecule is C[C@H](NC(=O)[C@@H](N)CCN)C(=O)OC[C@H](COc1ccc(-c2c(C#N)c(N)nc(SCc3coc(-c4ccc(Cl)cc4)n3)c2C#N)cc1)OC(=O)[C@H](C)NC(=O)[C@@H](N)CCN.Cl.Cl.Cl.Cl. The van der Waals surface area contributed by atoms with E-state index in [1.807, 2.05) is 6.07 Å². The lowest BCUT2D eigenvalue weighted by Gasteiger charge is -2.23. The normalized spacial score (nSPS) is 12.5. The van der Waals surface area contributed by atoms with E-state index in [1.54, 1.807) is 48.5 Å². The van der Waals surface area contributed by atoms with Crippen molar-refractivity contribution in [2.45, 2.75) is 67.7 Å². The molecular formula is C40H50Cl5N11O8S. The summed E-state index contributed by atoms with van der Waals surface area (Å²) < 4.78 is 22.5. The third-order valence-electron chi connectivity index (χ3n) is 8.74. The van der Waals surface area contributed by atoms with Crippen molar-refractivity contribution in [1.29, 1.82) is 10.5 Å². The maximum atomic E-state index is 13.1. The second-order valence-electron chi connectivity index (χ2n) is 13.4. The molecule has 5 atom stereocenters. The number of nitrogens with zero attached hydrogens (tertiary/aromatic N) is 4. The highest BCUT2D eigenvalue weighted by Crippen LogP contribution is 2.37. The van der Waals surface area contributed by atoms with E-state index in [0.717, 1.165) is 5.56 Å². The number of nitrogen functional groups attached to an aromatic ring is 1. The zero-order valence-electron chi connectivity index (χ0n) is 34.9. The van der Waals surface area contributed by atoms with E-state index in [1.165, 1.54) is 31.9 Å². The van der Waals surface area contributed by atoms with E-state index in [0.29, 0.717) is 22.2 Å². The van der Waals surface area contributed by atoms with Crippen LogP contribution in [-0.4, -0.2) is 90.3 Å². The molecule has 4 aromatic rings. The Hall–Kier alpha value is -5.10. The first kappa shape index (κ1) is 59.9. The average Bonchev–Trinajstić information content (AvgIpc) is 3.72. The van der Waals surface area contributed by atoms with Crippen molar-refractivity contribution < 1.29 is 37.8 Å². The summed E-state index contributed by atoms with van der Waals surface area (Å²) in [4.78, 5) is 59.4. The van der Waals surface area contributed by atoms with Gasteiger partial charge in [-0.05, 0) is 81.7 Å². The lowest BCUT2D eigenvalue weighted by molar-refractivity contribution is -0.163. The van der Waals surface area contributed by atoms with E-state index in [9.17, 15) is 29.7 Å². The number of nitriles is 2. The first-order valence-electron chi connectivity index (χ1n) is 18.8. The molecule has 2 aromatic heterocycles. The molecule has 2 amide bonds. The Morgan fingerprint density at radius 1 is 0.800 bits per heavy atom. The van der Waals surface area contributed by atoms with Gasteiger partial charge < -0.3 is 57.9 Å². The molecule has 0 fully saturated rings. The first-order valence-corrected chi connectivity index (χ1v) is 20.1. The Bertz CT molecular complexity index is 2260. The molecule has 354 valence electrons. The molecule has 65 heavy (non-hydrogen) atoms. The number of nitrogens with one attached hydrogen (secondary N) is 2. The van der Waals surface area contributed by atoms with Gasteiger partial charge in [0, 0.05) is 21.9 Å². The van der Waals surface area contributed by atoms with Crippen molar-refractivity contribution in [3.05, 3.63) is 76.6 Å². The van der Waals surface area contributed by atoms with Crippen molar-refractivity contribution in [1.82, 2.24) is 20.6 Å². The van der Waals surface area contributed by atoms with Gasteiger partial charge in [0.2, 0.25) is 17.7 Å². The lowest BCUT2D eigenvalue weighted by Crippen LogP contribution is -2.49. The number of pyridine rings is 1. The van der Waals surface area contributed by atoms with Gasteiger partial charge in [-0.15, -0.1) is 49.6 Å². The molecule has 0 saturated heterocycles. The number of hydrogen-bond acceptors (Lipinski definition) is 18. The Kier molecular flexibility index (Phi) is 27.1. The molecule has 0 aliphatic rings. The highest BCUT2D eigenvalue weighted by molar-refractivity contribution is 7.98. The van der Waals surface area contributed by atoms with Gasteiger partial charge in [0.25, 0.3) is 0 Å². The summed E-state index contributed by atoms with van der Waals surface area (Å²) >= 11 is 7.18. The number of carbonyl (C=O) groups is 4. The lowest BCUT2D eigenvalue weighted by atomic mass is 9.97. The smallest absolute Gasteiger partial charge is 0.328 e. The number of hydrogen-bond donors (Lipinski definition) is 7. The molecule has 2 aromatic carbocycles. The van der Waals surface area contributed by atoms with Gasteiger partial charge in [0.15, 0.2) is 6.10 Å². The number of oxazole rings is 1. The topological polar surface area (TPSA) is 337 Å².